The van der Waals surface area contributed by atoms with Gasteiger partial charge < -0.3 is 14.6 Å². The molecule has 0 saturated carbocycles. The van der Waals surface area contributed by atoms with E-state index in [2.05, 4.69) is 0 Å². The lowest BCUT2D eigenvalue weighted by Crippen LogP contribution is -2.41. The van der Waals surface area contributed by atoms with Crippen molar-refractivity contribution >= 4 is 29.1 Å². The predicted molar refractivity (Wildman–Crippen MR) is 120 cm³/mol. The first-order valence-electron chi connectivity index (χ1n) is 9.72. The molecule has 0 unspecified atom stereocenters. The number of hydrogen-bond acceptors (Lipinski definition) is 6. The third-order valence-electron chi connectivity index (χ3n) is 4.65. The minimum Gasteiger partial charge on any atom is -0.507 e. The summed E-state index contributed by atoms with van der Waals surface area (Å²) in [4.78, 5) is 36.6. The van der Waals surface area contributed by atoms with Gasteiger partial charge in [0.2, 0.25) is 5.60 Å². The SMILES string of the molecule is CC(=O)c1ccc(OC(=O)C(C)(C)Oc2ccc(C(=O)c3ccc(Cl)cc3)cc2)cc1O. The van der Waals surface area contributed by atoms with Crippen LogP contribution in [-0.2, 0) is 4.79 Å². The van der Waals surface area contributed by atoms with Gasteiger partial charge in [-0.05, 0) is 81.4 Å². The molecule has 1 N–H and O–H groups in total. The van der Waals surface area contributed by atoms with Gasteiger partial charge in [-0.15, -0.1) is 0 Å². The lowest BCUT2D eigenvalue weighted by molar-refractivity contribution is -0.149. The van der Waals surface area contributed by atoms with E-state index in [0.717, 1.165) is 0 Å². The number of halogens is 1. The Hall–Kier alpha value is -3.64. The fraction of sp³-hybridized carbons (Fsp3) is 0.160. The normalized spacial score (nSPS) is 11.0. The summed E-state index contributed by atoms with van der Waals surface area (Å²) in [5.41, 5.74) is -0.267. The molecule has 0 aliphatic carbocycles. The molecule has 0 amide bonds. The van der Waals surface area contributed by atoms with Crippen LogP contribution in [-0.4, -0.2) is 28.2 Å². The molecule has 7 heteroatoms. The summed E-state index contributed by atoms with van der Waals surface area (Å²) in [6.07, 6.45) is 0. The zero-order chi connectivity index (χ0) is 23.5. The average molecular weight is 453 g/mol. The number of carbonyl (C=O) groups excluding carboxylic acids is 3. The Bertz CT molecular complexity index is 1160. The van der Waals surface area contributed by atoms with Gasteiger partial charge in [-0.3, -0.25) is 9.59 Å². The molecule has 3 aromatic rings. The summed E-state index contributed by atoms with van der Waals surface area (Å²) in [6, 6.07) is 17.0. The van der Waals surface area contributed by atoms with Gasteiger partial charge in [0.25, 0.3) is 0 Å². The highest BCUT2D eigenvalue weighted by molar-refractivity contribution is 6.30. The molecule has 0 spiro atoms. The van der Waals surface area contributed by atoms with E-state index in [0.29, 0.717) is 21.9 Å². The third-order valence-corrected chi connectivity index (χ3v) is 4.90. The zero-order valence-electron chi connectivity index (χ0n) is 17.7. The Morgan fingerprint density at radius 3 is 1.91 bits per heavy atom. The summed E-state index contributed by atoms with van der Waals surface area (Å²) in [5.74, 6) is -0.994. The molecular formula is C25H21ClO6. The number of phenolic OH excluding ortho intramolecular Hbond substituents is 1. The summed E-state index contributed by atoms with van der Waals surface area (Å²) in [6.45, 7) is 4.39. The molecule has 0 fully saturated rings. The maximum Gasteiger partial charge on any atom is 0.355 e. The number of aromatic hydroxyl groups is 1. The first-order chi connectivity index (χ1) is 15.1. The molecule has 0 radical (unpaired) electrons. The van der Waals surface area contributed by atoms with Crippen LogP contribution in [0.25, 0.3) is 0 Å². The maximum atomic E-state index is 12.6. The van der Waals surface area contributed by atoms with Crippen LogP contribution in [0, 0.1) is 0 Å². The summed E-state index contributed by atoms with van der Waals surface area (Å²) < 4.78 is 11.1. The number of benzene rings is 3. The van der Waals surface area contributed by atoms with Crippen molar-refractivity contribution in [3.05, 3.63) is 88.4 Å². The minimum absolute atomic E-state index is 0.0816. The van der Waals surface area contributed by atoms with Crippen molar-refractivity contribution in [2.45, 2.75) is 26.4 Å². The highest BCUT2D eigenvalue weighted by Crippen LogP contribution is 2.27. The lowest BCUT2D eigenvalue weighted by atomic mass is 10.0. The Morgan fingerprint density at radius 2 is 1.38 bits per heavy atom. The first-order valence-corrected chi connectivity index (χ1v) is 10.1. The number of ketones is 2. The fourth-order valence-electron chi connectivity index (χ4n) is 2.88. The Labute approximate surface area is 190 Å². The largest absolute Gasteiger partial charge is 0.507 e. The van der Waals surface area contributed by atoms with Crippen molar-refractivity contribution in [2.24, 2.45) is 0 Å². The van der Waals surface area contributed by atoms with Crippen molar-refractivity contribution < 1.29 is 29.0 Å². The van der Waals surface area contributed by atoms with Gasteiger partial charge in [0.05, 0.1) is 5.56 Å². The standard InChI is InChI=1S/C25H21ClO6/c1-15(27)21-13-12-20(14-22(21)28)31-24(30)25(2,3)32-19-10-6-17(7-11-19)23(29)16-4-8-18(26)9-5-16/h4-14,28H,1-3H3. The van der Waals surface area contributed by atoms with Crippen LogP contribution in [0.1, 0.15) is 47.1 Å². The van der Waals surface area contributed by atoms with E-state index in [1.165, 1.54) is 39.0 Å². The van der Waals surface area contributed by atoms with Gasteiger partial charge in [-0.2, -0.15) is 0 Å². The zero-order valence-corrected chi connectivity index (χ0v) is 18.5. The molecule has 0 aromatic heterocycles. The molecule has 0 aliphatic rings. The first kappa shape index (κ1) is 23.0. The van der Waals surface area contributed by atoms with Crippen LogP contribution in [0.2, 0.25) is 5.02 Å². The van der Waals surface area contributed by atoms with Crippen molar-refractivity contribution in [3.8, 4) is 17.2 Å². The molecule has 0 bridgehead atoms. The summed E-state index contributed by atoms with van der Waals surface area (Å²) >= 11 is 5.86. The number of phenols is 1. The Morgan fingerprint density at radius 1 is 0.844 bits per heavy atom. The van der Waals surface area contributed by atoms with Gasteiger partial charge in [0.15, 0.2) is 11.6 Å². The number of ether oxygens (including phenoxy) is 2. The van der Waals surface area contributed by atoms with Crippen molar-refractivity contribution in [3.63, 3.8) is 0 Å². The van der Waals surface area contributed by atoms with Crippen LogP contribution in [0.5, 0.6) is 17.2 Å². The molecule has 32 heavy (non-hydrogen) atoms. The van der Waals surface area contributed by atoms with E-state index < -0.39 is 11.6 Å². The van der Waals surface area contributed by atoms with E-state index in [4.69, 9.17) is 21.1 Å². The Balaban J connectivity index is 1.68. The van der Waals surface area contributed by atoms with Crippen LogP contribution in [0.3, 0.4) is 0 Å². The van der Waals surface area contributed by atoms with E-state index in [-0.39, 0.29) is 28.6 Å². The van der Waals surface area contributed by atoms with E-state index in [1.807, 2.05) is 0 Å². The van der Waals surface area contributed by atoms with Gasteiger partial charge in [0.1, 0.15) is 17.2 Å². The molecule has 3 aromatic carbocycles. The molecule has 0 saturated heterocycles. The second-order valence-electron chi connectivity index (χ2n) is 7.60. The lowest BCUT2D eigenvalue weighted by Gasteiger charge is -2.24. The maximum absolute atomic E-state index is 12.6. The Kier molecular flexibility index (Phi) is 6.65. The van der Waals surface area contributed by atoms with Crippen LogP contribution in [0.15, 0.2) is 66.7 Å². The van der Waals surface area contributed by atoms with Crippen LogP contribution in [0.4, 0.5) is 0 Å². The third kappa shape index (κ3) is 5.34. The average Bonchev–Trinajstić information content (AvgIpc) is 2.74. The molecular weight excluding hydrogens is 432 g/mol. The van der Waals surface area contributed by atoms with Gasteiger partial charge in [0, 0.05) is 22.2 Å². The van der Waals surface area contributed by atoms with E-state index in [9.17, 15) is 19.5 Å². The number of rotatable bonds is 7. The second kappa shape index (κ2) is 9.24. The molecule has 0 atom stereocenters. The van der Waals surface area contributed by atoms with E-state index >= 15 is 0 Å². The van der Waals surface area contributed by atoms with Crippen molar-refractivity contribution in [1.29, 1.82) is 0 Å². The topological polar surface area (TPSA) is 89.9 Å². The number of hydrogen-bond donors (Lipinski definition) is 1. The molecule has 0 heterocycles. The van der Waals surface area contributed by atoms with Crippen LogP contribution >= 0.6 is 11.6 Å². The second-order valence-corrected chi connectivity index (χ2v) is 8.03. The van der Waals surface area contributed by atoms with Gasteiger partial charge in [-0.1, -0.05) is 11.6 Å². The predicted octanol–water partition coefficient (Wildman–Crippen LogP) is 5.24. The minimum atomic E-state index is -1.36. The molecule has 6 nitrogen and oxygen atoms in total. The van der Waals surface area contributed by atoms with Gasteiger partial charge >= 0.3 is 5.97 Å². The van der Waals surface area contributed by atoms with E-state index in [1.54, 1.807) is 48.5 Å². The van der Waals surface area contributed by atoms with Crippen molar-refractivity contribution in [2.75, 3.05) is 0 Å². The molecule has 0 aliphatic heterocycles. The quantitative estimate of drug-likeness (QED) is 0.299. The molecule has 3 rings (SSSR count). The number of esters is 1. The fourth-order valence-corrected chi connectivity index (χ4v) is 3.01. The summed E-state index contributed by atoms with van der Waals surface area (Å²) in [7, 11) is 0. The molecule has 164 valence electrons. The smallest absolute Gasteiger partial charge is 0.355 e. The monoisotopic (exact) mass is 452 g/mol. The number of carbonyl (C=O) groups is 3. The number of Topliss-reactive ketones (excluding diaryl/α,β-unsaturated/α-hetero) is 1. The van der Waals surface area contributed by atoms with Crippen LogP contribution < -0.4 is 9.47 Å². The highest BCUT2D eigenvalue weighted by Gasteiger charge is 2.32. The summed E-state index contributed by atoms with van der Waals surface area (Å²) in [5, 5.41) is 10.4. The van der Waals surface area contributed by atoms with Crippen molar-refractivity contribution in [1.82, 2.24) is 0 Å². The highest BCUT2D eigenvalue weighted by atomic mass is 35.5. The van der Waals surface area contributed by atoms with Gasteiger partial charge in [-0.25, -0.2) is 4.79 Å².